The van der Waals surface area contributed by atoms with Crippen molar-refractivity contribution in [3.05, 3.63) is 41.1 Å². The molecule has 0 saturated carbocycles. The molecule has 3 heterocycles. The fraction of sp³-hybridized carbons (Fsp3) is 0.267. The monoisotopic (exact) mass is 374 g/mol. The van der Waals surface area contributed by atoms with Crippen LogP contribution in [0.5, 0.6) is 0 Å². The van der Waals surface area contributed by atoms with Gasteiger partial charge in [0.05, 0.1) is 11.7 Å². The number of nitrogens with zero attached hydrogens (tertiary/aromatic N) is 4. The first-order valence-corrected chi connectivity index (χ1v) is 7.59. The van der Waals surface area contributed by atoms with Crippen LogP contribution < -0.4 is 0 Å². The van der Waals surface area contributed by atoms with Gasteiger partial charge in [0.25, 0.3) is 0 Å². The Bertz CT molecular complexity index is 998. The lowest BCUT2D eigenvalue weighted by molar-refractivity contribution is -0.164. The molecule has 4 rings (SSSR count). The zero-order valence-electron chi connectivity index (χ0n) is 12.3. The Kier molecular flexibility index (Phi) is 3.47. The van der Waals surface area contributed by atoms with Crippen molar-refractivity contribution in [2.24, 2.45) is 0 Å². The Hall–Kier alpha value is -2.29. The number of benzene rings is 1. The maximum atomic E-state index is 14.4. The second-order valence-electron chi connectivity index (χ2n) is 5.66. The number of fused-ring (bicyclic) bond motifs is 3. The second kappa shape index (κ2) is 5.35. The van der Waals surface area contributed by atoms with Crippen molar-refractivity contribution >= 4 is 22.6 Å². The van der Waals surface area contributed by atoms with E-state index in [-0.39, 0.29) is 46.2 Å². The Balaban J connectivity index is 1.97. The standard InChI is InChI=1S/C15H8ClF5N4/c16-14-22-5-8(18)12(24-14)6-3-7(17)13-9(4-6)25-10(15(19,20)21)1-2-11(25)23-13/h3-5,10H,1-2H2. The van der Waals surface area contributed by atoms with Crippen LogP contribution in [0.3, 0.4) is 0 Å². The van der Waals surface area contributed by atoms with Gasteiger partial charge in [0.1, 0.15) is 23.1 Å². The smallest absolute Gasteiger partial charge is 0.316 e. The van der Waals surface area contributed by atoms with Gasteiger partial charge in [-0.25, -0.2) is 23.7 Å². The summed E-state index contributed by atoms with van der Waals surface area (Å²) in [6, 6.07) is 0.414. The Labute approximate surface area is 142 Å². The first-order chi connectivity index (χ1) is 11.8. The van der Waals surface area contributed by atoms with Crippen LogP contribution in [0.4, 0.5) is 22.0 Å². The van der Waals surface area contributed by atoms with E-state index in [9.17, 15) is 22.0 Å². The van der Waals surface area contributed by atoms with Crippen LogP contribution in [0.15, 0.2) is 18.3 Å². The number of aryl methyl sites for hydroxylation is 1. The van der Waals surface area contributed by atoms with Gasteiger partial charge in [-0.15, -0.1) is 0 Å². The highest BCUT2D eigenvalue weighted by Crippen LogP contribution is 2.42. The Morgan fingerprint density at radius 3 is 2.60 bits per heavy atom. The van der Waals surface area contributed by atoms with Crippen molar-refractivity contribution in [1.29, 1.82) is 0 Å². The number of hydrogen-bond donors (Lipinski definition) is 0. The molecule has 25 heavy (non-hydrogen) atoms. The number of hydrogen-bond acceptors (Lipinski definition) is 3. The minimum absolute atomic E-state index is 0.0395. The van der Waals surface area contributed by atoms with E-state index < -0.39 is 23.9 Å². The highest BCUT2D eigenvalue weighted by atomic mass is 35.5. The lowest BCUT2D eigenvalue weighted by Crippen LogP contribution is -2.23. The molecule has 130 valence electrons. The molecule has 1 aliphatic heterocycles. The van der Waals surface area contributed by atoms with Crippen molar-refractivity contribution in [3.63, 3.8) is 0 Å². The maximum Gasteiger partial charge on any atom is 0.409 e. The normalized spacial score (nSPS) is 17.3. The van der Waals surface area contributed by atoms with Crippen LogP contribution in [-0.4, -0.2) is 25.7 Å². The highest BCUT2D eigenvalue weighted by molar-refractivity contribution is 6.28. The van der Waals surface area contributed by atoms with Crippen molar-refractivity contribution < 1.29 is 22.0 Å². The summed E-state index contributed by atoms with van der Waals surface area (Å²) in [7, 11) is 0. The molecular formula is C15H8ClF5N4. The zero-order valence-corrected chi connectivity index (χ0v) is 13.0. The summed E-state index contributed by atoms with van der Waals surface area (Å²) in [6.45, 7) is 0. The van der Waals surface area contributed by atoms with Crippen LogP contribution >= 0.6 is 11.6 Å². The second-order valence-corrected chi connectivity index (χ2v) is 5.99. The molecule has 1 aliphatic rings. The summed E-state index contributed by atoms with van der Waals surface area (Å²) in [5, 5.41) is -0.261. The molecule has 0 N–H and O–H groups in total. The highest BCUT2D eigenvalue weighted by Gasteiger charge is 2.45. The molecule has 0 amide bonds. The van der Waals surface area contributed by atoms with Crippen molar-refractivity contribution in [2.75, 3.05) is 0 Å². The fourth-order valence-electron chi connectivity index (χ4n) is 3.11. The van der Waals surface area contributed by atoms with E-state index in [2.05, 4.69) is 15.0 Å². The SMILES string of the molecule is Fc1cnc(Cl)nc1-c1cc(F)c2nc3n(c2c1)C(C(F)(F)F)CC3. The fourth-order valence-corrected chi connectivity index (χ4v) is 3.25. The summed E-state index contributed by atoms with van der Waals surface area (Å²) in [5.74, 6) is -1.57. The molecule has 0 fully saturated rings. The average Bonchev–Trinajstić information content (AvgIpc) is 3.09. The van der Waals surface area contributed by atoms with Crippen LogP contribution in [0.1, 0.15) is 18.3 Å². The average molecular weight is 375 g/mol. The van der Waals surface area contributed by atoms with E-state index >= 15 is 0 Å². The van der Waals surface area contributed by atoms with Gasteiger partial charge in [0, 0.05) is 12.0 Å². The van der Waals surface area contributed by atoms with E-state index in [0.29, 0.717) is 0 Å². The largest absolute Gasteiger partial charge is 0.409 e. The third-order valence-corrected chi connectivity index (χ3v) is 4.32. The van der Waals surface area contributed by atoms with Gasteiger partial charge >= 0.3 is 6.18 Å². The number of rotatable bonds is 1. The summed E-state index contributed by atoms with van der Waals surface area (Å²) < 4.78 is 69.0. The van der Waals surface area contributed by atoms with E-state index in [0.717, 1.165) is 16.8 Å². The molecule has 1 unspecified atom stereocenters. The molecule has 2 aromatic heterocycles. The summed E-state index contributed by atoms with van der Waals surface area (Å²) >= 11 is 5.63. The maximum absolute atomic E-state index is 14.4. The van der Waals surface area contributed by atoms with Crippen LogP contribution in [0.25, 0.3) is 22.3 Å². The van der Waals surface area contributed by atoms with Gasteiger partial charge in [-0.1, -0.05) is 0 Å². The number of aromatic nitrogens is 4. The topological polar surface area (TPSA) is 43.6 Å². The number of alkyl halides is 3. The lowest BCUT2D eigenvalue weighted by Gasteiger charge is -2.18. The molecule has 3 aromatic rings. The molecule has 1 aromatic carbocycles. The molecule has 0 saturated heterocycles. The van der Waals surface area contributed by atoms with Crippen LogP contribution in [0, 0.1) is 11.6 Å². The van der Waals surface area contributed by atoms with Crippen molar-refractivity contribution in [2.45, 2.75) is 25.1 Å². The Morgan fingerprint density at radius 2 is 1.88 bits per heavy atom. The lowest BCUT2D eigenvalue weighted by atomic mass is 10.1. The molecule has 1 atom stereocenters. The van der Waals surface area contributed by atoms with Gasteiger partial charge in [-0.2, -0.15) is 13.2 Å². The van der Waals surface area contributed by atoms with Crippen molar-refractivity contribution in [1.82, 2.24) is 19.5 Å². The van der Waals surface area contributed by atoms with Gasteiger partial charge in [0.15, 0.2) is 11.6 Å². The molecule has 0 bridgehead atoms. The van der Waals surface area contributed by atoms with E-state index in [1.165, 1.54) is 6.07 Å². The van der Waals surface area contributed by atoms with E-state index in [1.807, 2.05) is 0 Å². The van der Waals surface area contributed by atoms with Crippen molar-refractivity contribution in [3.8, 4) is 11.3 Å². The Morgan fingerprint density at radius 1 is 1.12 bits per heavy atom. The first kappa shape index (κ1) is 16.2. The van der Waals surface area contributed by atoms with Gasteiger partial charge < -0.3 is 4.57 Å². The van der Waals surface area contributed by atoms with E-state index in [1.54, 1.807) is 0 Å². The molecular weight excluding hydrogens is 367 g/mol. The van der Waals surface area contributed by atoms with E-state index in [4.69, 9.17) is 11.6 Å². The summed E-state index contributed by atoms with van der Waals surface area (Å²) in [6.07, 6.45) is -3.76. The van der Waals surface area contributed by atoms with Gasteiger partial charge in [-0.05, 0) is 30.2 Å². The predicted octanol–water partition coefficient (Wildman–Crippen LogP) is 4.47. The predicted molar refractivity (Wildman–Crippen MR) is 79.1 cm³/mol. The third kappa shape index (κ3) is 2.53. The van der Waals surface area contributed by atoms with Crippen LogP contribution in [0.2, 0.25) is 5.28 Å². The van der Waals surface area contributed by atoms with Crippen LogP contribution in [-0.2, 0) is 6.42 Å². The third-order valence-electron chi connectivity index (χ3n) is 4.14. The molecule has 0 aliphatic carbocycles. The molecule has 10 heteroatoms. The molecule has 0 radical (unpaired) electrons. The molecule has 0 spiro atoms. The molecule has 4 nitrogen and oxygen atoms in total. The summed E-state index contributed by atoms with van der Waals surface area (Å²) in [4.78, 5) is 11.1. The zero-order chi connectivity index (χ0) is 17.9. The van der Waals surface area contributed by atoms with Gasteiger partial charge in [-0.3, -0.25) is 0 Å². The number of imidazole rings is 1. The minimum atomic E-state index is -4.49. The number of halogens is 6. The minimum Gasteiger partial charge on any atom is -0.316 e. The first-order valence-electron chi connectivity index (χ1n) is 7.21. The van der Waals surface area contributed by atoms with Gasteiger partial charge in [0.2, 0.25) is 5.28 Å². The quantitative estimate of drug-likeness (QED) is 0.466. The summed E-state index contributed by atoms with van der Waals surface area (Å²) in [5.41, 5.74) is -0.576.